The molecule has 1 N–H and O–H groups in total. The average Bonchev–Trinajstić information content (AvgIpc) is 2.98. The fourth-order valence-corrected chi connectivity index (χ4v) is 3.78. The second-order valence-corrected chi connectivity index (χ2v) is 8.07. The fraction of sp³-hybridized carbons (Fsp3) is 0.348. The van der Waals surface area contributed by atoms with Gasteiger partial charge in [-0.2, -0.15) is 0 Å². The first-order chi connectivity index (χ1) is 14.5. The number of nitrogens with zero attached hydrogens (tertiary/aromatic N) is 3. The lowest BCUT2D eigenvalue weighted by Crippen LogP contribution is -2.30. The molecule has 30 heavy (non-hydrogen) atoms. The number of ether oxygens (including phenoxy) is 1. The van der Waals surface area contributed by atoms with Crippen LogP contribution in [0.5, 0.6) is 5.75 Å². The van der Waals surface area contributed by atoms with Crippen molar-refractivity contribution in [3.8, 4) is 17.1 Å². The number of aromatic nitrogens is 3. The number of rotatable bonds is 5. The van der Waals surface area contributed by atoms with Gasteiger partial charge in [-0.05, 0) is 57.0 Å². The Hall–Kier alpha value is -2.86. The maximum atomic E-state index is 12.6. The first kappa shape index (κ1) is 20.4. The Morgan fingerprint density at radius 3 is 2.73 bits per heavy atom. The molecule has 2 aromatic carbocycles. The molecule has 0 unspecified atom stereocenters. The van der Waals surface area contributed by atoms with Crippen LogP contribution in [-0.2, 0) is 17.8 Å². The summed E-state index contributed by atoms with van der Waals surface area (Å²) < 4.78 is 7.90. The predicted molar refractivity (Wildman–Crippen MR) is 118 cm³/mol. The van der Waals surface area contributed by atoms with Gasteiger partial charge in [0.2, 0.25) is 0 Å². The summed E-state index contributed by atoms with van der Waals surface area (Å²) in [7, 11) is 0. The zero-order valence-electron chi connectivity index (χ0n) is 17.2. The number of hydrogen-bond acceptors (Lipinski definition) is 4. The molecule has 0 saturated heterocycles. The molecular weight excluding hydrogens is 400 g/mol. The van der Waals surface area contributed by atoms with Crippen LogP contribution in [0.1, 0.15) is 37.6 Å². The summed E-state index contributed by atoms with van der Waals surface area (Å²) in [5.41, 5.74) is 2.55. The number of halogens is 1. The molecule has 1 aliphatic rings. The fourth-order valence-electron chi connectivity index (χ4n) is 3.58. The van der Waals surface area contributed by atoms with Crippen molar-refractivity contribution in [1.82, 2.24) is 14.8 Å². The topological polar surface area (TPSA) is 69.0 Å². The van der Waals surface area contributed by atoms with Crippen LogP contribution >= 0.6 is 11.6 Å². The molecule has 4 rings (SSSR count). The van der Waals surface area contributed by atoms with E-state index in [4.69, 9.17) is 16.3 Å². The number of carbonyl (C=O) groups excluding carboxylic acids is 1. The smallest absolute Gasteiger partial charge is 0.265 e. The molecule has 0 bridgehead atoms. The number of hydrogen-bond donors (Lipinski definition) is 1. The third-order valence-electron chi connectivity index (χ3n) is 5.29. The Labute approximate surface area is 181 Å². The molecule has 3 aromatic rings. The molecule has 7 heteroatoms. The van der Waals surface area contributed by atoms with Crippen LogP contribution in [0, 0.1) is 6.92 Å². The molecule has 0 fully saturated rings. The van der Waals surface area contributed by atoms with Crippen LogP contribution in [0.3, 0.4) is 0 Å². The van der Waals surface area contributed by atoms with Crippen molar-refractivity contribution >= 4 is 23.2 Å². The van der Waals surface area contributed by atoms with Crippen molar-refractivity contribution in [3.63, 3.8) is 0 Å². The highest BCUT2D eigenvalue weighted by Crippen LogP contribution is 2.31. The van der Waals surface area contributed by atoms with Crippen molar-refractivity contribution in [2.75, 3.05) is 5.32 Å². The number of aryl methyl sites for hydroxylation is 2. The van der Waals surface area contributed by atoms with E-state index in [0.29, 0.717) is 16.5 Å². The highest BCUT2D eigenvalue weighted by atomic mass is 35.5. The summed E-state index contributed by atoms with van der Waals surface area (Å²) in [4.78, 5) is 12.6. The Morgan fingerprint density at radius 2 is 1.93 bits per heavy atom. The average molecular weight is 425 g/mol. The number of fused-ring (bicyclic) bond motifs is 1. The molecule has 0 radical (unpaired) electrons. The monoisotopic (exact) mass is 424 g/mol. The Balaban J connectivity index is 1.51. The van der Waals surface area contributed by atoms with E-state index < -0.39 is 6.10 Å². The minimum absolute atomic E-state index is 0.232. The lowest BCUT2D eigenvalue weighted by atomic mass is 10.1. The summed E-state index contributed by atoms with van der Waals surface area (Å²) in [6.45, 7) is 4.61. The number of carbonyl (C=O) groups is 1. The van der Waals surface area contributed by atoms with Gasteiger partial charge >= 0.3 is 0 Å². The molecule has 0 saturated carbocycles. The van der Waals surface area contributed by atoms with Crippen LogP contribution in [0.25, 0.3) is 11.4 Å². The summed E-state index contributed by atoms with van der Waals surface area (Å²) in [6, 6.07) is 13.0. The van der Waals surface area contributed by atoms with Gasteiger partial charge in [0, 0.05) is 24.2 Å². The van der Waals surface area contributed by atoms with Crippen molar-refractivity contribution < 1.29 is 9.53 Å². The van der Waals surface area contributed by atoms with E-state index in [-0.39, 0.29) is 5.91 Å². The van der Waals surface area contributed by atoms with Gasteiger partial charge in [0.25, 0.3) is 5.91 Å². The van der Waals surface area contributed by atoms with E-state index in [1.165, 1.54) is 6.42 Å². The van der Waals surface area contributed by atoms with Gasteiger partial charge in [-0.1, -0.05) is 35.7 Å². The molecular formula is C23H25ClN4O2. The summed E-state index contributed by atoms with van der Waals surface area (Å²) in [5.74, 6) is 2.17. The summed E-state index contributed by atoms with van der Waals surface area (Å²) >= 11 is 6.47. The van der Waals surface area contributed by atoms with Crippen molar-refractivity contribution in [2.24, 2.45) is 0 Å². The molecule has 1 atom stereocenters. The molecule has 2 heterocycles. The lowest BCUT2D eigenvalue weighted by Gasteiger charge is -2.16. The maximum absolute atomic E-state index is 12.6. The number of benzene rings is 2. The van der Waals surface area contributed by atoms with Gasteiger partial charge in [0.1, 0.15) is 11.6 Å². The third kappa shape index (κ3) is 4.49. The van der Waals surface area contributed by atoms with Gasteiger partial charge in [0.15, 0.2) is 11.9 Å². The molecule has 0 aliphatic carbocycles. The van der Waals surface area contributed by atoms with Gasteiger partial charge in [-0.3, -0.25) is 4.79 Å². The van der Waals surface area contributed by atoms with Crippen molar-refractivity contribution in [2.45, 2.75) is 52.2 Å². The van der Waals surface area contributed by atoms with E-state index >= 15 is 0 Å². The van der Waals surface area contributed by atoms with Crippen LogP contribution < -0.4 is 10.1 Å². The molecule has 1 aromatic heterocycles. The lowest BCUT2D eigenvalue weighted by molar-refractivity contribution is -0.122. The highest BCUT2D eigenvalue weighted by Gasteiger charge is 2.20. The van der Waals surface area contributed by atoms with E-state index in [9.17, 15) is 4.79 Å². The molecule has 1 amide bonds. The van der Waals surface area contributed by atoms with Crippen LogP contribution in [0.15, 0.2) is 42.5 Å². The van der Waals surface area contributed by atoms with Gasteiger partial charge in [0.05, 0.1) is 5.02 Å². The molecule has 0 spiro atoms. The Kier molecular flexibility index (Phi) is 6.04. The highest BCUT2D eigenvalue weighted by molar-refractivity contribution is 6.33. The molecule has 6 nitrogen and oxygen atoms in total. The van der Waals surface area contributed by atoms with Crippen LogP contribution in [0.2, 0.25) is 5.02 Å². The predicted octanol–water partition coefficient (Wildman–Crippen LogP) is 5.04. The number of anilines is 1. The standard InChI is InChI=1S/C23H25ClN4O2/c1-15-7-10-18(11-8-15)30-16(2)23(29)25-17-9-12-20(24)19(14-17)22-27-26-21-6-4-3-5-13-28(21)22/h7-12,14,16H,3-6,13H2,1-2H3,(H,25,29)/t16-/m1/s1. The Morgan fingerprint density at radius 1 is 1.13 bits per heavy atom. The molecule has 1 aliphatic heterocycles. The third-order valence-corrected chi connectivity index (χ3v) is 5.62. The zero-order valence-corrected chi connectivity index (χ0v) is 17.9. The number of amides is 1. The number of nitrogens with one attached hydrogen (secondary N) is 1. The van der Waals surface area contributed by atoms with E-state index in [0.717, 1.165) is 48.6 Å². The second kappa shape index (κ2) is 8.88. The SMILES string of the molecule is Cc1ccc(O[C@H](C)C(=O)Nc2ccc(Cl)c(-c3nnc4n3CCCCC4)c2)cc1. The zero-order chi connectivity index (χ0) is 21.1. The maximum Gasteiger partial charge on any atom is 0.265 e. The van der Waals surface area contributed by atoms with Gasteiger partial charge < -0.3 is 14.6 Å². The largest absolute Gasteiger partial charge is 0.481 e. The normalized spacial score (nSPS) is 14.5. The second-order valence-electron chi connectivity index (χ2n) is 7.66. The minimum Gasteiger partial charge on any atom is -0.481 e. The Bertz CT molecular complexity index is 1050. The first-order valence-corrected chi connectivity index (χ1v) is 10.7. The van der Waals surface area contributed by atoms with Crippen molar-refractivity contribution in [3.05, 3.63) is 58.9 Å². The van der Waals surface area contributed by atoms with E-state index in [2.05, 4.69) is 20.1 Å². The first-order valence-electron chi connectivity index (χ1n) is 10.3. The van der Waals surface area contributed by atoms with Gasteiger partial charge in [-0.25, -0.2) is 0 Å². The molecule has 156 valence electrons. The quantitative estimate of drug-likeness (QED) is 0.623. The van der Waals surface area contributed by atoms with E-state index in [1.807, 2.05) is 37.3 Å². The minimum atomic E-state index is -0.642. The van der Waals surface area contributed by atoms with E-state index in [1.54, 1.807) is 19.1 Å². The van der Waals surface area contributed by atoms with Crippen molar-refractivity contribution in [1.29, 1.82) is 0 Å². The van der Waals surface area contributed by atoms with Crippen LogP contribution in [-0.4, -0.2) is 26.8 Å². The van der Waals surface area contributed by atoms with Crippen LogP contribution in [0.4, 0.5) is 5.69 Å². The summed E-state index contributed by atoms with van der Waals surface area (Å²) in [6.07, 6.45) is 3.69. The summed E-state index contributed by atoms with van der Waals surface area (Å²) in [5, 5.41) is 12.2. The van der Waals surface area contributed by atoms with Gasteiger partial charge in [-0.15, -0.1) is 10.2 Å².